The molecule has 4 aliphatic carbocycles. The summed E-state index contributed by atoms with van der Waals surface area (Å²) in [6, 6.07) is 0. The fourth-order valence-corrected chi connectivity index (χ4v) is 6.90. The zero-order valence-corrected chi connectivity index (χ0v) is 15.3. The van der Waals surface area contributed by atoms with Crippen LogP contribution in [0.4, 0.5) is 0 Å². The Morgan fingerprint density at radius 1 is 1.00 bits per heavy atom. The molecule has 6 unspecified atom stereocenters. The summed E-state index contributed by atoms with van der Waals surface area (Å²) >= 11 is 0. The van der Waals surface area contributed by atoms with E-state index in [0.29, 0.717) is 16.2 Å². The second-order valence-corrected chi connectivity index (χ2v) is 10.0. The van der Waals surface area contributed by atoms with Gasteiger partial charge in [-0.2, -0.15) is 0 Å². The molecule has 0 spiro atoms. The van der Waals surface area contributed by atoms with Crippen LogP contribution in [0.15, 0.2) is 23.8 Å². The fourth-order valence-electron chi connectivity index (χ4n) is 6.90. The molecular weight excluding hydrogens is 264 g/mol. The van der Waals surface area contributed by atoms with Gasteiger partial charge in [0, 0.05) is 5.41 Å². The van der Waals surface area contributed by atoms with Crippen LogP contribution in [-0.4, -0.2) is 0 Å². The average molecular weight is 299 g/mol. The van der Waals surface area contributed by atoms with Crippen molar-refractivity contribution < 1.29 is 0 Å². The maximum atomic E-state index is 2.66. The first-order chi connectivity index (χ1) is 10.3. The third kappa shape index (κ3) is 1.76. The molecule has 2 fully saturated rings. The van der Waals surface area contributed by atoms with Crippen molar-refractivity contribution in [3.05, 3.63) is 23.8 Å². The molecule has 0 aliphatic heterocycles. The van der Waals surface area contributed by atoms with Gasteiger partial charge in [0.1, 0.15) is 0 Å². The Hall–Kier alpha value is -0.520. The molecular formula is C22H34. The van der Waals surface area contributed by atoms with Gasteiger partial charge in [-0.05, 0) is 73.0 Å². The topological polar surface area (TPSA) is 0 Å². The SMILES string of the molecule is CC1C=CC2(C)C(=CCC3C2CCC2(C)C3CCC2(C)C)C1. The molecule has 0 aromatic heterocycles. The molecule has 0 bridgehead atoms. The number of rotatable bonds is 0. The maximum absolute atomic E-state index is 2.66. The second-order valence-electron chi connectivity index (χ2n) is 10.0. The molecule has 4 aliphatic rings. The first-order valence-electron chi connectivity index (χ1n) is 9.67. The minimum absolute atomic E-state index is 0.378. The zero-order chi connectivity index (χ0) is 15.8. The van der Waals surface area contributed by atoms with Gasteiger partial charge >= 0.3 is 0 Å². The summed E-state index contributed by atoms with van der Waals surface area (Å²) in [6.45, 7) is 12.6. The highest BCUT2D eigenvalue weighted by Crippen LogP contribution is 2.68. The normalized spacial score (nSPS) is 52.5. The van der Waals surface area contributed by atoms with Crippen molar-refractivity contribution >= 4 is 0 Å². The first kappa shape index (κ1) is 15.0. The van der Waals surface area contributed by atoms with Crippen LogP contribution < -0.4 is 0 Å². The Morgan fingerprint density at radius 3 is 2.50 bits per heavy atom. The number of fused-ring (bicyclic) bond motifs is 5. The lowest BCUT2D eigenvalue weighted by atomic mass is 9.47. The lowest BCUT2D eigenvalue weighted by Gasteiger charge is -2.58. The molecule has 0 aromatic carbocycles. The minimum atomic E-state index is 0.378. The van der Waals surface area contributed by atoms with Gasteiger partial charge in [-0.15, -0.1) is 0 Å². The van der Waals surface area contributed by atoms with Gasteiger partial charge in [-0.1, -0.05) is 58.4 Å². The van der Waals surface area contributed by atoms with Gasteiger partial charge in [0.2, 0.25) is 0 Å². The fraction of sp³-hybridized carbons (Fsp3) is 0.818. The molecule has 0 saturated heterocycles. The summed E-state index contributed by atoms with van der Waals surface area (Å²) in [7, 11) is 0. The number of hydrogen-bond donors (Lipinski definition) is 0. The highest BCUT2D eigenvalue weighted by Gasteiger charge is 2.60. The van der Waals surface area contributed by atoms with Gasteiger partial charge in [-0.25, -0.2) is 0 Å². The number of allylic oxidation sites excluding steroid dienone is 4. The first-order valence-corrected chi connectivity index (χ1v) is 9.67. The predicted molar refractivity (Wildman–Crippen MR) is 94.6 cm³/mol. The largest absolute Gasteiger partial charge is 0.0845 e. The van der Waals surface area contributed by atoms with Crippen LogP contribution in [0.2, 0.25) is 0 Å². The molecule has 0 radical (unpaired) electrons. The summed E-state index contributed by atoms with van der Waals surface area (Å²) in [4.78, 5) is 0. The van der Waals surface area contributed by atoms with Crippen LogP contribution in [0.5, 0.6) is 0 Å². The molecule has 0 amide bonds. The van der Waals surface area contributed by atoms with Crippen molar-refractivity contribution in [3.63, 3.8) is 0 Å². The monoisotopic (exact) mass is 298 g/mol. The molecule has 6 atom stereocenters. The molecule has 0 nitrogen and oxygen atoms in total. The molecule has 0 N–H and O–H groups in total. The summed E-state index contributed by atoms with van der Waals surface area (Å²) in [5.74, 6) is 3.55. The summed E-state index contributed by atoms with van der Waals surface area (Å²) < 4.78 is 0. The zero-order valence-electron chi connectivity index (χ0n) is 15.3. The van der Waals surface area contributed by atoms with Crippen molar-refractivity contribution in [2.24, 2.45) is 39.9 Å². The van der Waals surface area contributed by atoms with E-state index in [0.717, 1.165) is 23.7 Å². The lowest BCUT2D eigenvalue weighted by Crippen LogP contribution is -2.50. The molecule has 22 heavy (non-hydrogen) atoms. The van der Waals surface area contributed by atoms with Crippen LogP contribution in [0.3, 0.4) is 0 Å². The highest BCUT2D eigenvalue weighted by atomic mass is 14.6. The van der Waals surface area contributed by atoms with Gasteiger partial charge in [0.15, 0.2) is 0 Å². The predicted octanol–water partition coefficient (Wildman–Crippen LogP) is 6.39. The van der Waals surface area contributed by atoms with E-state index in [1.165, 1.54) is 38.5 Å². The van der Waals surface area contributed by atoms with E-state index in [1.807, 2.05) is 0 Å². The van der Waals surface area contributed by atoms with Crippen LogP contribution >= 0.6 is 0 Å². The van der Waals surface area contributed by atoms with E-state index in [2.05, 4.69) is 52.8 Å². The summed E-state index contributed by atoms with van der Waals surface area (Å²) in [6.07, 6.45) is 16.3. The quantitative estimate of drug-likeness (QED) is 0.455. The minimum Gasteiger partial charge on any atom is -0.0845 e. The number of hydrogen-bond acceptors (Lipinski definition) is 0. The Bertz CT molecular complexity index is 536. The molecule has 0 heteroatoms. The van der Waals surface area contributed by atoms with E-state index < -0.39 is 0 Å². The van der Waals surface area contributed by atoms with Gasteiger partial charge in [0.05, 0.1) is 0 Å². The highest BCUT2D eigenvalue weighted by molar-refractivity contribution is 5.32. The van der Waals surface area contributed by atoms with Crippen LogP contribution in [0.1, 0.15) is 73.1 Å². The third-order valence-corrected chi connectivity index (χ3v) is 8.86. The van der Waals surface area contributed by atoms with Crippen molar-refractivity contribution in [3.8, 4) is 0 Å². The van der Waals surface area contributed by atoms with Gasteiger partial charge in [0.25, 0.3) is 0 Å². The van der Waals surface area contributed by atoms with Crippen molar-refractivity contribution in [2.45, 2.75) is 73.1 Å². The third-order valence-electron chi connectivity index (χ3n) is 8.86. The Morgan fingerprint density at radius 2 is 1.73 bits per heavy atom. The van der Waals surface area contributed by atoms with E-state index >= 15 is 0 Å². The molecule has 0 heterocycles. The molecule has 0 aromatic rings. The van der Waals surface area contributed by atoms with E-state index in [9.17, 15) is 0 Å². The standard InChI is InChI=1S/C22H34/c1-15-8-12-21(4)16(14-15)6-7-17-18(21)10-13-22(5)19(17)9-11-20(22,2)3/h6,8,12,15,17-19H,7,9-11,13-14H2,1-5H3. The van der Waals surface area contributed by atoms with Crippen LogP contribution in [0, 0.1) is 39.9 Å². The Labute approximate surface area is 137 Å². The van der Waals surface area contributed by atoms with Crippen LogP contribution in [0.25, 0.3) is 0 Å². The van der Waals surface area contributed by atoms with E-state index in [4.69, 9.17) is 0 Å². The maximum Gasteiger partial charge on any atom is 0.00938 e. The molecule has 4 rings (SSSR count). The van der Waals surface area contributed by atoms with E-state index in [1.54, 1.807) is 5.57 Å². The van der Waals surface area contributed by atoms with Crippen molar-refractivity contribution in [1.82, 2.24) is 0 Å². The Balaban J connectivity index is 1.72. The Kier molecular flexibility index (Phi) is 3.09. The lowest BCUT2D eigenvalue weighted by molar-refractivity contribution is -0.0481. The summed E-state index contributed by atoms with van der Waals surface area (Å²) in [5.41, 5.74) is 3.28. The average Bonchev–Trinajstić information content (AvgIpc) is 2.70. The van der Waals surface area contributed by atoms with Gasteiger partial charge < -0.3 is 0 Å². The van der Waals surface area contributed by atoms with Crippen molar-refractivity contribution in [1.29, 1.82) is 0 Å². The van der Waals surface area contributed by atoms with Crippen LogP contribution in [-0.2, 0) is 0 Å². The summed E-state index contributed by atoms with van der Waals surface area (Å²) in [5, 5.41) is 0. The molecule has 2 saturated carbocycles. The second kappa shape index (κ2) is 4.52. The van der Waals surface area contributed by atoms with Gasteiger partial charge in [-0.3, -0.25) is 0 Å². The molecule has 122 valence electrons. The van der Waals surface area contributed by atoms with Crippen molar-refractivity contribution in [2.75, 3.05) is 0 Å². The van der Waals surface area contributed by atoms with E-state index in [-0.39, 0.29) is 0 Å². The smallest absolute Gasteiger partial charge is 0.00938 e.